The molecule has 0 aliphatic rings. The average Bonchev–Trinajstić information content (AvgIpc) is 2.01. The smallest absolute Gasteiger partial charge is 0.430 e. The lowest BCUT2D eigenvalue weighted by molar-refractivity contribution is -0.265. The van der Waals surface area contributed by atoms with Gasteiger partial charge in [0.2, 0.25) is 5.60 Å². The van der Waals surface area contributed by atoms with E-state index in [9.17, 15) is 22.4 Å². The summed E-state index contributed by atoms with van der Waals surface area (Å²) in [6.07, 6.45) is -4.94. The Hall–Kier alpha value is -1.07. The zero-order chi connectivity index (χ0) is 11.6. The van der Waals surface area contributed by atoms with Crippen LogP contribution in [0.2, 0.25) is 0 Å². The van der Waals surface area contributed by atoms with Gasteiger partial charge in [-0.3, -0.25) is 0 Å². The van der Waals surface area contributed by atoms with Gasteiger partial charge in [-0.1, -0.05) is 6.58 Å². The Kier molecular flexibility index (Phi) is 3.67. The molecule has 0 rings (SSSR count). The van der Waals surface area contributed by atoms with Crippen LogP contribution in [0, 0.1) is 0 Å². The molecule has 0 aromatic rings. The molecule has 0 amide bonds. The number of ether oxygens (including phenoxy) is 1. The van der Waals surface area contributed by atoms with Crippen LogP contribution in [0.3, 0.4) is 0 Å². The quantitative estimate of drug-likeness (QED) is 0.409. The standard InChI is InChI=1S/C8H10F4O2/c1-5(2)6(13)14-7(3,4-9)8(10,11)12/h1,4H2,2-3H3. The molecule has 0 heterocycles. The minimum Gasteiger partial charge on any atom is -0.443 e. The number of esters is 1. The summed E-state index contributed by atoms with van der Waals surface area (Å²) in [6, 6.07) is 0. The maximum Gasteiger partial charge on any atom is 0.430 e. The molecular formula is C8H10F4O2. The number of carbonyl (C=O) groups is 1. The number of carbonyl (C=O) groups excluding carboxylic acids is 1. The van der Waals surface area contributed by atoms with Crippen molar-refractivity contribution < 1.29 is 27.1 Å². The molecule has 0 aromatic carbocycles. The van der Waals surface area contributed by atoms with Gasteiger partial charge in [-0.15, -0.1) is 0 Å². The van der Waals surface area contributed by atoms with Crippen LogP contribution in [-0.2, 0) is 9.53 Å². The second-order valence-electron chi connectivity index (χ2n) is 3.03. The van der Waals surface area contributed by atoms with Crippen LogP contribution in [-0.4, -0.2) is 24.4 Å². The minimum atomic E-state index is -4.94. The van der Waals surface area contributed by atoms with E-state index >= 15 is 0 Å². The van der Waals surface area contributed by atoms with Gasteiger partial charge in [0, 0.05) is 5.57 Å². The molecule has 0 radical (unpaired) electrons. The van der Waals surface area contributed by atoms with Gasteiger partial charge in [-0.25, -0.2) is 9.18 Å². The highest BCUT2D eigenvalue weighted by Gasteiger charge is 2.55. The monoisotopic (exact) mass is 214 g/mol. The third kappa shape index (κ3) is 2.71. The number of halogens is 4. The molecule has 0 N–H and O–H groups in total. The van der Waals surface area contributed by atoms with E-state index in [-0.39, 0.29) is 5.57 Å². The van der Waals surface area contributed by atoms with E-state index in [1.807, 2.05) is 0 Å². The summed E-state index contributed by atoms with van der Waals surface area (Å²) in [5, 5.41) is 0. The molecule has 82 valence electrons. The fourth-order valence-corrected chi connectivity index (χ4v) is 0.453. The first-order valence-corrected chi connectivity index (χ1v) is 3.65. The first-order chi connectivity index (χ1) is 6.14. The van der Waals surface area contributed by atoms with Gasteiger partial charge >= 0.3 is 12.1 Å². The number of alkyl halides is 4. The third-order valence-electron chi connectivity index (χ3n) is 1.52. The van der Waals surface area contributed by atoms with E-state index in [0.717, 1.165) is 0 Å². The summed E-state index contributed by atoms with van der Waals surface area (Å²) in [4.78, 5) is 10.8. The summed E-state index contributed by atoms with van der Waals surface area (Å²) >= 11 is 0. The molecular weight excluding hydrogens is 204 g/mol. The van der Waals surface area contributed by atoms with Gasteiger partial charge in [-0.2, -0.15) is 13.2 Å². The third-order valence-corrected chi connectivity index (χ3v) is 1.52. The van der Waals surface area contributed by atoms with Crippen LogP contribution in [0.5, 0.6) is 0 Å². The van der Waals surface area contributed by atoms with Crippen molar-refractivity contribution in [3.8, 4) is 0 Å². The lowest BCUT2D eigenvalue weighted by Crippen LogP contribution is -2.48. The van der Waals surface area contributed by atoms with E-state index in [0.29, 0.717) is 6.92 Å². The van der Waals surface area contributed by atoms with E-state index in [1.54, 1.807) is 0 Å². The largest absolute Gasteiger partial charge is 0.443 e. The van der Waals surface area contributed by atoms with Crippen molar-refractivity contribution in [1.82, 2.24) is 0 Å². The van der Waals surface area contributed by atoms with Crippen LogP contribution in [0.1, 0.15) is 13.8 Å². The molecule has 2 nitrogen and oxygen atoms in total. The fraction of sp³-hybridized carbons (Fsp3) is 0.625. The molecule has 0 saturated carbocycles. The predicted octanol–water partition coefficient (Wildman–Crippen LogP) is 2.40. The van der Waals surface area contributed by atoms with E-state index in [1.165, 1.54) is 6.92 Å². The Balaban J connectivity index is 4.74. The van der Waals surface area contributed by atoms with Gasteiger partial charge in [0.15, 0.2) is 0 Å². The topological polar surface area (TPSA) is 26.3 Å². The van der Waals surface area contributed by atoms with Crippen molar-refractivity contribution in [3.05, 3.63) is 12.2 Å². The molecule has 1 atom stereocenters. The van der Waals surface area contributed by atoms with Gasteiger partial charge < -0.3 is 4.74 Å². The van der Waals surface area contributed by atoms with Crippen LogP contribution >= 0.6 is 0 Å². The summed E-state index contributed by atoms with van der Waals surface area (Å²) < 4.78 is 52.7. The molecule has 6 heteroatoms. The number of hydrogen-bond donors (Lipinski definition) is 0. The van der Waals surface area contributed by atoms with Crippen molar-refractivity contribution in [3.63, 3.8) is 0 Å². The van der Waals surface area contributed by atoms with Crippen LogP contribution < -0.4 is 0 Å². The Morgan fingerprint density at radius 3 is 2.07 bits per heavy atom. The van der Waals surface area contributed by atoms with Gasteiger partial charge in [-0.05, 0) is 13.8 Å². The fourth-order valence-electron chi connectivity index (χ4n) is 0.453. The van der Waals surface area contributed by atoms with Crippen molar-refractivity contribution in [2.75, 3.05) is 6.67 Å². The summed E-state index contributed by atoms with van der Waals surface area (Å²) in [7, 11) is 0. The molecule has 0 bridgehead atoms. The van der Waals surface area contributed by atoms with E-state index in [4.69, 9.17) is 0 Å². The van der Waals surface area contributed by atoms with Gasteiger partial charge in [0.1, 0.15) is 6.67 Å². The average molecular weight is 214 g/mol. The highest BCUT2D eigenvalue weighted by molar-refractivity contribution is 5.87. The Morgan fingerprint density at radius 2 is 1.86 bits per heavy atom. The molecule has 14 heavy (non-hydrogen) atoms. The van der Waals surface area contributed by atoms with Gasteiger partial charge in [0.05, 0.1) is 0 Å². The van der Waals surface area contributed by atoms with E-state index < -0.39 is 24.4 Å². The summed E-state index contributed by atoms with van der Waals surface area (Å²) in [6.45, 7) is 2.91. The lowest BCUT2D eigenvalue weighted by atomic mass is 10.1. The Bertz CT molecular complexity index is 246. The highest BCUT2D eigenvalue weighted by Crippen LogP contribution is 2.34. The molecule has 0 spiro atoms. The normalized spacial score (nSPS) is 15.9. The lowest BCUT2D eigenvalue weighted by Gasteiger charge is -2.28. The van der Waals surface area contributed by atoms with Gasteiger partial charge in [0.25, 0.3) is 0 Å². The van der Waals surface area contributed by atoms with Crippen molar-refractivity contribution in [1.29, 1.82) is 0 Å². The summed E-state index contributed by atoms with van der Waals surface area (Å²) in [5.74, 6) is -1.26. The zero-order valence-corrected chi connectivity index (χ0v) is 7.74. The number of rotatable bonds is 3. The second kappa shape index (κ2) is 3.98. The highest BCUT2D eigenvalue weighted by atomic mass is 19.4. The second-order valence-corrected chi connectivity index (χ2v) is 3.03. The maximum atomic E-state index is 12.2. The van der Waals surface area contributed by atoms with Crippen LogP contribution in [0.4, 0.5) is 17.6 Å². The first kappa shape index (κ1) is 12.9. The van der Waals surface area contributed by atoms with E-state index in [2.05, 4.69) is 11.3 Å². The van der Waals surface area contributed by atoms with Crippen molar-refractivity contribution >= 4 is 5.97 Å². The number of hydrogen-bond acceptors (Lipinski definition) is 2. The molecule has 0 aliphatic heterocycles. The molecule has 0 aromatic heterocycles. The van der Waals surface area contributed by atoms with Crippen LogP contribution in [0.15, 0.2) is 12.2 Å². The molecule has 0 saturated heterocycles. The predicted molar refractivity (Wildman–Crippen MR) is 41.3 cm³/mol. The minimum absolute atomic E-state index is 0.214. The van der Waals surface area contributed by atoms with Crippen molar-refractivity contribution in [2.24, 2.45) is 0 Å². The molecule has 0 fully saturated rings. The van der Waals surface area contributed by atoms with Crippen LogP contribution in [0.25, 0.3) is 0 Å². The first-order valence-electron chi connectivity index (χ1n) is 3.65. The molecule has 0 aliphatic carbocycles. The Labute approximate surface area is 78.5 Å². The SMILES string of the molecule is C=C(C)C(=O)OC(C)(CF)C(F)(F)F. The zero-order valence-electron chi connectivity index (χ0n) is 7.74. The van der Waals surface area contributed by atoms with Crippen molar-refractivity contribution in [2.45, 2.75) is 25.6 Å². The maximum absolute atomic E-state index is 12.2. The summed E-state index contributed by atoms with van der Waals surface area (Å²) in [5.41, 5.74) is -3.31. The Morgan fingerprint density at radius 1 is 1.43 bits per heavy atom. The molecule has 1 unspecified atom stereocenters.